The van der Waals surface area contributed by atoms with Crippen LogP contribution in [0.3, 0.4) is 0 Å². The summed E-state index contributed by atoms with van der Waals surface area (Å²) < 4.78 is 24.4. The van der Waals surface area contributed by atoms with Gasteiger partial charge in [0.2, 0.25) is 0 Å². The summed E-state index contributed by atoms with van der Waals surface area (Å²) in [5.41, 5.74) is 6.03. The van der Waals surface area contributed by atoms with E-state index in [1.165, 1.54) is 26.4 Å². The van der Waals surface area contributed by atoms with E-state index in [9.17, 15) is 9.18 Å². The Balaban J connectivity index is 2.49. The van der Waals surface area contributed by atoms with Crippen LogP contribution >= 0.6 is 15.9 Å². The third-order valence-corrected chi connectivity index (χ3v) is 4.90. The second-order valence-electron chi connectivity index (χ2n) is 5.34. The number of carbonyl (C=O) groups is 1. The number of carbonyl (C=O) groups excluding carboxylic acids is 1. The van der Waals surface area contributed by atoms with Crippen molar-refractivity contribution < 1.29 is 18.7 Å². The van der Waals surface area contributed by atoms with Gasteiger partial charge in [0.25, 0.3) is 0 Å². The quantitative estimate of drug-likeness (QED) is 0.837. The first-order chi connectivity index (χ1) is 9.96. The van der Waals surface area contributed by atoms with Crippen LogP contribution in [0.2, 0.25) is 0 Å². The summed E-state index contributed by atoms with van der Waals surface area (Å²) in [5.74, 6) is -0.303. The Morgan fingerprint density at radius 3 is 2.52 bits per heavy atom. The molecule has 1 aromatic rings. The number of nitrogens with two attached hydrogens (primary N) is 1. The van der Waals surface area contributed by atoms with Gasteiger partial charge in [0.1, 0.15) is 11.6 Å². The number of hydrogen-bond donors (Lipinski definition) is 1. The van der Waals surface area contributed by atoms with Crippen LogP contribution in [0.15, 0.2) is 16.6 Å². The molecular weight excluding hydrogens is 341 g/mol. The monoisotopic (exact) mass is 359 g/mol. The van der Waals surface area contributed by atoms with E-state index < -0.39 is 17.3 Å². The number of methoxy groups -OCH3 is 2. The molecule has 2 N–H and O–H groups in total. The highest BCUT2D eigenvalue weighted by Gasteiger charge is 2.48. The summed E-state index contributed by atoms with van der Waals surface area (Å²) in [7, 11) is 2.85. The van der Waals surface area contributed by atoms with Gasteiger partial charge in [-0.15, -0.1) is 0 Å². The normalized spacial score (nSPS) is 18.3. The second-order valence-corrected chi connectivity index (χ2v) is 6.20. The minimum absolute atomic E-state index is 0.300. The molecule has 1 aliphatic rings. The summed E-state index contributed by atoms with van der Waals surface area (Å²) in [6.45, 7) is 0. The van der Waals surface area contributed by atoms with Gasteiger partial charge >= 0.3 is 5.97 Å². The third kappa shape index (κ3) is 2.79. The van der Waals surface area contributed by atoms with E-state index in [-0.39, 0.29) is 5.97 Å². The topological polar surface area (TPSA) is 61.5 Å². The highest BCUT2D eigenvalue weighted by atomic mass is 79.9. The molecular formula is C15H19BrFNO3. The Morgan fingerprint density at radius 1 is 1.38 bits per heavy atom. The van der Waals surface area contributed by atoms with Crippen molar-refractivity contribution in [1.29, 1.82) is 0 Å². The highest BCUT2D eigenvalue weighted by molar-refractivity contribution is 9.10. The van der Waals surface area contributed by atoms with Crippen LogP contribution in [0.5, 0.6) is 5.75 Å². The van der Waals surface area contributed by atoms with Gasteiger partial charge in [0, 0.05) is 11.6 Å². The van der Waals surface area contributed by atoms with E-state index in [0.717, 1.165) is 12.8 Å². The number of ether oxygens (including phenoxy) is 2. The summed E-state index contributed by atoms with van der Waals surface area (Å²) in [5, 5.41) is 0. The van der Waals surface area contributed by atoms with Crippen LogP contribution in [0.25, 0.3) is 0 Å². The zero-order valence-electron chi connectivity index (χ0n) is 12.1. The molecule has 0 amide bonds. The molecule has 4 nitrogen and oxygen atoms in total. The summed E-state index contributed by atoms with van der Waals surface area (Å²) in [4.78, 5) is 12.3. The Kier molecular flexibility index (Phi) is 4.88. The fourth-order valence-corrected chi connectivity index (χ4v) is 3.44. The molecule has 2 rings (SSSR count). The molecule has 1 saturated carbocycles. The van der Waals surface area contributed by atoms with Crippen molar-refractivity contribution in [1.82, 2.24) is 0 Å². The van der Waals surface area contributed by atoms with Gasteiger partial charge in [-0.05, 0) is 40.9 Å². The molecule has 1 aliphatic carbocycles. The molecule has 116 valence electrons. The van der Waals surface area contributed by atoms with Crippen LogP contribution in [0.1, 0.15) is 37.3 Å². The van der Waals surface area contributed by atoms with E-state index in [1.54, 1.807) is 0 Å². The predicted molar refractivity (Wildman–Crippen MR) is 80.5 cm³/mol. The van der Waals surface area contributed by atoms with Gasteiger partial charge in [0.15, 0.2) is 0 Å². The Morgan fingerprint density at radius 2 is 2.00 bits per heavy atom. The molecule has 1 atom stereocenters. The average Bonchev–Trinajstić information content (AvgIpc) is 2.98. The first kappa shape index (κ1) is 16.2. The van der Waals surface area contributed by atoms with E-state index in [2.05, 4.69) is 15.9 Å². The molecule has 0 bridgehead atoms. The van der Waals surface area contributed by atoms with Crippen molar-refractivity contribution in [3.05, 3.63) is 28.0 Å². The predicted octanol–water partition coefficient (Wildman–Crippen LogP) is 3.33. The zero-order chi connectivity index (χ0) is 15.6. The maximum absolute atomic E-state index is 13.9. The SMILES string of the molecule is COC(=O)C1([C@@H](N)c2cc(F)c(Br)cc2OC)CCCC1. The number of esters is 1. The minimum Gasteiger partial charge on any atom is -0.496 e. The molecule has 0 aliphatic heterocycles. The Labute approximate surface area is 131 Å². The number of hydrogen-bond acceptors (Lipinski definition) is 4. The van der Waals surface area contributed by atoms with Crippen LogP contribution in [-0.2, 0) is 9.53 Å². The molecule has 0 unspecified atom stereocenters. The lowest BCUT2D eigenvalue weighted by Crippen LogP contribution is -2.40. The number of halogens is 2. The van der Waals surface area contributed by atoms with Crippen LogP contribution in [0.4, 0.5) is 4.39 Å². The van der Waals surface area contributed by atoms with E-state index in [4.69, 9.17) is 15.2 Å². The van der Waals surface area contributed by atoms with Crippen molar-refractivity contribution in [3.8, 4) is 5.75 Å². The molecule has 0 spiro atoms. The number of rotatable bonds is 4. The molecule has 6 heteroatoms. The maximum Gasteiger partial charge on any atom is 0.313 e. The third-order valence-electron chi connectivity index (χ3n) is 4.29. The van der Waals surface area contributed by atoms with Crippen LogP contribution in [0, 0.1) is 11.2 Å². The average molecular weight is 360 g/mol. The lowest BCUT2D eigenvalue weighted by molar-refractivity contribution is -0.154. The Hall–Kier alpha value is -1.14. The molecule has 0 heterocycles. The van der Waals surface area contributed by atoms with Crippen molar-refractivity contribution in [2.45, 2.75) is 31.7 Å². The van der Waals surface area contributed by atoms with Crippen molar-refractivity contribution in [2.24, 2.45) is 11.1 Å². The summed E-state index contributed by atoms with van der Waals surface area (Å²) in [6, 6.07) is 2.20. The van der Waals surface area contributed by atoms with E-state index in [1.807, 2.05) is 0 Å². The summed E-state index contributed by atoms with van der Waals surface area (Å²) >= 11 is 3.12. The highest BCUT2D eigenvalue weighted by Crippen LogP contribution is 2.49. The fraction of sp³-hybridized carbons (Fsp3) is 0.533. The first-order valence-electron chi connectivity index (χ1n) is 6.83. The van der Waals surface area contributed by atoms with Crippen LogP contribution in [-0.4, -0.2) is 20.2 Å². The molecule has 0 saturated heterocycles. The smallest absolute Gasteiger partial charge is 0.313 e. The molecule has 1 aromatic carbocycles. The fourth-order valence-electron chi connectivity index (χ4n) is 3.11. The first-order valence-corrected chi connectivity index (χ1v) is 7.62. The zero-order valence-corrected chi connectivity index (χ0v) is 13.7. The standard InChI is InChI=1S/C15H19BrFNO3/c1-20-12-8-10(16)11(17)7-9(12)13(18)15(14(19)21-2)5-3-4-6-15/h7-8,13H,3-6,18H2,1-2H3/t13-/m0/s1. The van der Waals surface area contributed by atoms with E-state index in [0.29, 0.717) is 28.6 Å². The van der Waals surface area contributed by atoms with Crippen molar-refractivity contribution >= 4 is 21.9 Å². The Bertz CT molecular complexity index is 544. The summed E-state index contributed by atoms with van der Waals surface area (Å²) in [6.07, 6.45) is 3.09. The van der Waals surface area contributed by atoms with Gasteiger partial charge in [-0.25, -0.2) is 4.39 Å². The van der Waals surface area contributed by atoms with E-state index >= 15 is 0 Å². The van der Waals surface area contributed by atoms with Gasteiger partial charge < -0.3 is 15.2 Å². The molecule has 0 aromatic heterocycles. The van der Waals surface area contributed by atoms with Gasteiger partial charge in [0.05, 0.1) is 24.1 Å². The van der Waals surface area contributed by atoms with Crippen molar-refractivity contribution in [3.63, 3.8) is 0 Å². The lowest BCUT2D eigenvalue weighted by Gasteiger charge is -2.33. The molecule has 21 heavy (non-hydrogen) atoms. The second kappa shape index (κ2) is 6.32. The van der Waals surface area contributed by atoms with Crippen LogP contribution < -0.4 is 10.5 Å². The lowest BCUT2D eigenvalue weighted by atomic mass is 9.75. The van der Waals surface area contributed by atoms with Gasteiger partial charge in [-0.3, -0.25) is 4.79 Å². The maximum atomic E-state index is 13.9. The minimum atomic E-state index is -0.803. The largest absolute Gasteiger partial charge is 0.496 e. The van der Waals surface area contributed by atoms with Gasteiger partial charge in [-0.2, -0.15) is 0 Å². The van der Waals surface area contributed by atoms with Crippen molar-refractivity contribution in [2.75, 3.05) is 14.2 Å². The number of benzene rings is 1. The molecule has 1 fully saturated rings. The molecule has 0 radical (unpaired) electrons. The van der Waals surface area contributed by atoms with Gasteiger partial charge in [-0.1, -0.05) is 12.8 Å².